The first-order chi connectivity index (χ1) is 10.0. The van der Waals surface area contributed by atoms with Gasteiger partial charge < -0.3 is 10.1 Å². The van der Waals surface area contributed by atoms with Gasteiger partial charge in [-0.1, -0.05) is 29.8 Å². The minimum Gasteiger partial charge on any atom is -0.489 e. The first-order valence-electron chi connectivity index (χ1n) is 6.78. The summed E-state index contributed by atoms with van der Waals surface area (Å²) in [5.74, 6) is 0.434. The molecule has 2 rings (SSSR count). The molecule has 0 unspecified atom stereocenters. The van der Waals surface area contributed by atoms with Crippen molar-refractivity contribution >= 4 is 15.9 Å². The minimum absolute atomic E-state index is 0.293. The zero-order valence-corrected chi connectivity index (χ0v) is 13.7. The first kappa shape index (κ1) is 15.9. The predicted molar refractivity (Wildman–Crippen MR) is 84.6 cm³/mol. The molecular weight excluding hydrogens is 335 g/mol. The molecule has 0 radical (unpaired) electrons. The lowest BCUT2D eigenvalue weighted by molar-refractivity contribution is 0.300. The van der Waals surface area contributed by atoms with E-state index in [1.54, 1.807) is 6.20 Å². The number of hydrogen-bond acceptors (Lipinski definition) is 3. The van der Waals surface area contributed by atoms with Gasteiger partial charge in [0.1, 0.15) is 18.2 Å². The van der Waals surface area contributed by atoms with Crippen LogP contribution < -0.4 is 10.1 Å². The highest BCUT2D eigenvalue weighted by Crippen LogP contribution is 2.24. The number of benzene rings is 1. The van der Waals surface area contributed by atoms with Crippen LogP contribution in [0.15, 0.2) is 41.1 Å². The Morgan fingerprint density at radius 1 is 1.29 bits per heavy atom. The second-order valence-electron chi connectivity index (χ2n) is 5.09. The smallest absolute Gasteiger partial charge is 0.141 e. The van der Waals surface area contributed by atoms with E-state index < -0.39 is 0 Å². The van der Waals surface area contributed by atoms with Gasteiger partial charge in [0, 0.05) is 34.4 Å². The van der Waals surface area contributed by atoms with Gasteiger partial charge in [-0.25, -0.2) is 4.39 Å². The van der Waals surface area contributed by atoms with Gasteiger partial charge in [0.2, 0.25) is 0 Å². The summed E-state index contributed by atoms with van der Waals surface area (Å²) < 4.78 is 19.9. The molecule has 0 spiro atoms. The van der Waals surface area contributed by atoms with Gasteiger partial charge in [0.15, 0.2) is 0 Å². The highest BCUT2D eigenvalue weighted by atomic mass is 79.9. The van der Waals surface area contributed by atoms with Crippen molar-refractivity contribution in [3.63, 3.8) is 0 Å². The number of pyridine rings is 1. The van der Waals surface area contributed by atoms with Gasteiger partial charge >= 0.3 is 0 Å². The molecule has 5 heteroatoms. The summed E-state index contributed by atoms with van der Waals surface area (Å²) in [7, 11) is 0. The van der Waals surface area contributed by atoms with E-state index in [9.17, 15) is 4.39 Å². The molecule has 0 amide bonds. The molecule has 0 aliphatic heterocycles. The number of hydrogen-bond donors (Lipinski definition) is 1. The summed E-state index contributed by atoms with van der Waals surface area (Å²) in [6.45, 7) is 5.20. The fourth-order valence-electron chi connectivity index (χ4n) is 1.84. The Hall–Kier alpha value is -1.46. The molecule has 1 N–H and O–H groups in total. The zero-order valence-electron chi connectivity index (χ0n) is 12.1. The Morgan fingerprint density at radius 3 is 2.81 bits per heavy atom. The van der Waals surface area contributed by atoms with Gasteiger partial charge in [0.25, 0.3) is 0 Å². The van der Waals surface area contributed by atoms with Crippen LogP contribution in [-0.2, 0) is 13.2 Å². The predicted octanol–water partition coefficient (Wildman–Crippen LogP) is 4.06. The van der Waals surface area contributed by atoms with Crippen molar-refractivity contribution in [3.05, 3.63) is 58.1 Å². The van der Waals surface area contributed by atoms with E-state index in [4.69, 9.17) is 4.74 Å². The lowest BCUT2D eigenvalue weighted by atomic mass is 10.2. The Bertz CT molecular complexity index is 605. The lowest BCUT2D eigenvalue weighted by Crippen LogP contribution is -2.22. The molecular formula is C16H18BrFN2O. The van der Waals surface area contributed by atoms with Gasteiger partial charge in [-0.15, -0.1) is 0 Å². The van der Waals surface area contributed by atoms with Crippen molar-refractivity contribution in [3.8, 4) is 5.75 Å². The van der Waals surface area contributed by atoms with Gasteiger partial charge in [-0.2, -0.15) is 0 Å². The van der Waals surface area contributed by atoms with Crippen LogP contribution in [0.5, 0.6) is 5.75 Å². The second kappa shape index (κ2) is 7.52. The van der Waals surface area contributed by atoms with Gasteiger partial charge in [0.05, 0.1) is 6.20 Å². The molecule has 0 aliphatic rings. The standard InChI is InChI=1S/C16H18BrFN2O/c1-11(2)20-8-13-6-14(17)3-4-16(13)21-10-12-5-15(18)9-19-7-12/h3-7,9,11,20H,8,10H2,1-2H3. The summed E-state index contributed by atoms with van der Waals surface area (Å²) in [6.07, 6.45) is 2.79. The number of nitrogens with zero attached hydrogens (tertiary/aromatic N) is 1. The Kier molecular flexibility index (Phi) is 5.70. The number of aromatic nitrogens is 1. The van der Waals surface area contributed by atoms with Gasteiger partial charge in [-0.3, -0.25) is 4.98 Å². The number of rotatable bonds is 6. The van der Waals surface area contributed by atoms with Crippen LogP contribution in [0.1, 0.15) is 25.0 Å². The molecule has 0 bridgehead atoms. The molecule has 0 aliphatic carbocycles. The van der Waals surface area contributed by atoms with Crippen LogP contribution in [-0.4, -0.2) is 11.0 Å². The van der Waals surface area contributed by atoms with E-state index in [0.29, 0.717) is 24.8 Å². The van der Waals surface area contributed by atoms with Crippen LogP contribution in [0, 0.1) is 5.82 Å². The number of halogens is 2. The fraction of sp³-hybridized carbons (Fsp3) is 0.312. The third-order valence-electron chi connectivity index (χ3n) is 2.88. The zero-order chi connectivity index (χ0) is 15.2. The normalized spacial score (nSPS) is 10.9. The van der Waals surface area contributed by atoms with E-state index in [1.165, 1.54) is 12.3 Å². The van der Waals surface area contributed by atoms with Gasteiger partial charge in [-0.05, 0) is 24.3 Å². The van der Waals surface area contributed by atoms with Crippen molar-refractivity contribution < 1.29 is 9.13 Å². The Balaban J connectivity index is 2.08. The minimum atomic E-state index is -0.353. The molecule has 2 aromatic rings. The van der Waals surface area contributed by atoms with E-state index in [0.717, 1.165) is 15.8 Å². The van der Waals surface area contributed by atoms with E-state index in [2.05, 4.69) is 40.1 Å². The van der Waals surface area contributed by atoms with Crippen LogP contribution >= 0.6 is 15.9 Å². The highest BCUT2D eigenvalue weighted by Gasteiger charge is 2.06. The maximum absolute atomic E-state index is 13.1. The largest absolute Gasteiger partial charge is 0.489 e. The van der Waals surface area contributed by atoms with Crippen LogP contribution in [0.2, 0.25) is 0 Å². The summed E-state index contributed by atoms with van der Waals surface area (Å²) in [6, 6.07) is 7.68. The monoisotopic (exact) mass is 352 g/mol. The SMILES string of the molecule is CC(C)NCc1cc(Br)ccc1OCc1cncc(F)c1. The number of nitrogens with one attached hydrogen (secondary N) is 1. The Labute approximate surface area is 132 Å². The van der Waals surface area contributed by atoms with Crippen LogP contribution in [0.4, 0.5) is 4.39 Å². The average molecular weight is 353 g/mol. The van der Waals surface area contributed by atoms with Crippen molar-refractivity contribution in [2.75, 3.05) is 0 Å². The molecule has 0 saturated heterocycles. The maximum atomic E-state index is 13.1. The van der Waals surface area contributed by atoms with E-state index >= 15 is 0 Å². The second-order valence-corrected chi connectivity index (χ2v) is 6.00. The Morgan fingerprint density at radius 2 is 2.10 bits per heavy atom. The molecule has 0 atom stereocenters. The third kappa shape index (κ3) is 5.10. The molecule has 1 aromatic heterocycles. The number of ether oxygens (including phenoxy) is 1. The summed E-state index contributed by atoms with van der Waals surface area (Å²) >= 11 is 3.47. The molecule has 0 saturated carbocycles. The fourth-order valence-corrected chi connectivity index (χ4v) is 2.25. The molecule has 21 heavy (non-hydrogen) atoms. The van der Waals surface area contributed by atoms with Crippen LogP contribution in [0.25, 0.3) is 0 Å². The van der Waals surface area contributed by atoms with E-state index in [-0.39, 0.29) is 5.82 Å². The van der Waals surface area contributed by atoms with Crippen LogP contribution in [0.3, 0.4) is 0 Å². The quantitative estimate of drug-likeness (QED) is 0.851. The third-order valence-corrected chi connectivity index (χ3v) is 3.37. The molecule has 1 aromatic carbocycles. The van der Waals surface area contributed by atoms with E-state index in [1.807, 2.05) is 18.2 Å². The van der Waals surface area contributed by atoms with Crippen molar-refractivity contribution in [1.29, 1.82) is 0 Å². The highest BCUT2D eigenvalue weighted by molar-refractivity contribution is 9.10. The van der Waals surface area contributed by atoms with Crippen molar-refractivity contribution in [2.24, 2.45) is 0 Å². The molecule has 3 nitrogen and oxygen atoms in total. The topological polar surface area (TPSA) is 34.1 Å². The van der Waals surface area contributed by atoms with Crippen molar-refractivity contribution in [1.82, 2.24) is 10.3 Å². The summed E-state index contributed by atoms with van der Waals surface area (Å²) in [5.41, 5.74) is 1.77. The summed E-state index contributed by atoms with van der Waals surface area (Å²) in [4.78, 5) is 3.82. The lowest BCUT2D eigenvalue weighted by Gasteiger charge is -2.14. The molecule has 0 fully saturated rings. The molecule has 112 valence electrons. The van der Waals surface area contributed by atoms with Crippen molar-refractivity contribution in [2.45, 2.75) is 33.0 Å². The average Bonchev–Trinajstić information content (AvgIpc) is 2.44. The summed E-state index contributed by atoms with van der Waals surface area (Å²) in [5, 5.41) is 3.36. The first-order valence-corrected chi connectivity index (χ1v) is 7.58. The molecule has 1 heterocycles. The maximum Gasteiger partial charge on any atom is 0.141 e.